The van der Waals surface area contributed by atoms with Gasteiger partial charge in [0, 0.05) is 0 Å². The SMILES string of the molecule is CCCC(C)(N)C(=O)Nc1ccccc1O. The fourth-order valence-electron chi connectivity index (χ4n) is 1.48. The van der Waals surface area contributed by atoms with Crippen molar-refractivity contribution in [1.82, 2.24) is 0 Å². The molecule has 1 aromatic rings. The van der Waals surface area contributed by atoms with Gasteiger partial charge in [0.25, 0.3) is 0 Å². The van der Waals surface area contributed by atoms with Crippen molar-refractivity contribution in [2.75, 3.05) is 5.32 Å². The van der Waals surface area contributed by atoms with E-state index in [1.54, 1.807) is 25.1 Å². The van der Waals surface area contributed by atoms with E-state index in [2.05, 4.69) is 5.32 Å². The Hall–Kier alpha value is -1.55. The highest BCUT2D eigenvalue weighted by atomic mass is 16.3. The fraction of sp³-hybridized carbons (Fsp3) is 0.417. The average molecular weight is 222 g/mol. The van der Waals surface area contributed by atoms with Crippen LogP contribution in [0.5, 0.6) is 5.75 Å². The predicted octanol–water partition coefficient (Wildman–Crippen LogP) is 1.85. The molecule has 88 valence electrons. The molecule has 1 amide bonds. The summed E-state index contributed by atoms with van der Waals surface area (Å²) >= 11 is 0. The summed E-state index contributed by atoms with van der Waals surface area (Å²) in [5, 5.41) is 12.1. The number of amides is 1. The van der Waals surface area contributed by atoms with E-state index in [9.17, 15) is 9.90 Å². The number of phenols is 1. The predicted molar refractivity (Wildman–Crippen MR) is 64.2 cm³/mol. The van der Waals surface area contributed by atoms with Gasteiger partial charge in [-0.25, -0.2) is 0 Å². The van der Waals surface area contributed by atoms with Crippen LogP contribution in [0.4, 0.5) is 5.69 Å². The van der Waals surface area contributed by atoms with E-state index in [1.807, 2.05) is 6.92 Å². The van der Waals surface area contributed by atoms with E-state index in [0.29, 0.717) is 12.1 Å². The Morgan fingerprint density at radius 1 is 1.50 bits per heavy atom. The van der Waals surface area contributed by atoms with Crippen molar-refractivity contribution in [3.05, 3.63) is 24.3 Å². The van der Waals surface area contributed by atoms with Crippen molar-refractivity contribution < 1.29 is 9.90 Å². The maximum Gasteiger partial charge on any atom is 0.244 e. The van der Waals surface area contributed by atoms with Crippen LogP contribution < -0.4 is 11.1 Å². The second kappa shape index (κ2) is 4.99. The van der Waals surface area contributed by atoms with Crippen molar-refractivity contribution in [2.45, 2.75) is 32.2 Å². The molecule has 0 fully saturated rings. The van der Waals surface area contributed by atoms with Gasteiger partial charge in [-0.05, 0) is 25.5 Å². The largest absolute Gasteiger partial charge is 0.506 e. The molecular formula is C12H18N2O2. The molecule has 0 aliphatic carbocycles. The van der Waals surface area contributed by atoms with Gasteiger partial charge in [-0.15, -0.1) is 0 Å². The number of carbonyl (C=O) groups excluding carboxylic acids is 1. The molecule has 4 N–H and O–H groups in total. The number of anilines is 1. The number of hydrogen-bond acceptors (Lipinski definition) is 3. The third-order valence-electron chi connectivity index (χ3n) is 2.44. The summed E-state index contributed by atoms with van der Waals surface area (Å²) in [4.78, 5) is 11.8. The minimum atomic E-state index is -0.906. The molecule has 0 aliphatic heterocycles. The highest BCUT2D eigenvalue weighted by molar-refractivity contribution is 5.98. The Labute approximate surface area is 95.5 Å². The molecule has 1 atom stereocenters. The first-order valence-electron chi connectivity index (χ1n) is 5.35. The van der Waals surface area contributed by atoms with Gasteiger partial charge in [0.1, 0.15) is 5.75 Å². The van der Waals surface area contributed by atoms with E-state index in [-0.39, 0.29) is 11.7 Å². The molecule has 0 spiro atoms. The van der Waals surface area contributed by atoms with Gasteiger partial charge in [0.15, 0.2) is 0 Å². The quantitative estimate of drug-likeness (QED) is 0.680. The molecule has 1 rings (SSSR count). The van der Waals surface area contributed by atoms with E-state index < -0.39 is 5.54 Å². The zero-order valence-corrected chi connectivity index (χ0v) is 9.66. The smallest absolute Gasteiger partial charge is 0.244 e. The van der Waals surface area contributed by atoms with Crippen LogP contribution in [0.15, 0.2) is 24.3 Å². The van der Waals surface area contributed by atoms with E-state index in [1.165, 1.54) is 6.07 Å². The van der Waals surface area contributed by atoms with Crippen molar-refractivity contribution >= 4 is 11.6 Å². The average Bonchev–Trinajstić information content (AvgIpc) is 2.21. The third kappa shape index (κ3) is 2.97. The second-order valence-corrected chi connectivity index (χ2v) is 4.14. The molecule has 1 aromatic carbocycles. The first-order valence-corrected chi connectivity index (χ1v) is 5.35. The number of nitrogens with one attached hydrogen (secondary N) is 1. The normalized spacial score (nSPS) is 14.2. The highest BCUT2D eigenvalue weighted by Gasteiger charge is 2.27. The van der Waals surface area contributed by atoms with Gasteiger partial charge in [-0.3, -0.25) is 4.79 Å². The number of rotatable bonds is 4. The van der Waals surface area contributed by atoms with E-state index in [4.69, 9.17) is 5.73 Å². The first kappa shape index (κ1) is 12.5. The zero-order chi connectivity index (χ0) is 12.2. The molecule has 16 heavy (non-hydrogen) atoms. The summed E-state index contributed by atoms with van der Waals surface area (Å²) in [6, 6.07) is 6.58. The number of carbonyl (C=O) groups is 1. The monoisotopic (exact) mass is 222 g/mol. The molecule has 0 aromatic heterocycles. The Bertz CT molecular complexity index is 375. The number of phenolic OH excluding ortho intramolecular Hbond substituents is 1. The minimum Gasteiger partial charge on any atom is -0.506 e. The highest BCUT2D eigenvalue weighted by Crippen LogP contribution is 2.23. The number of para-hydroxylation sites is 2. The molecule has 0 saturated heterocycles. The van der Waals surface area contributed by atoms with Crippen LogP contribution in [0.25, 0.3) is 0 Å². The molecule has 4 heteroatoms. The number of aromatic hydroxyl groups is 1. The first-order chi connectivity index (χ1) is 7.47. The van der Waals surface area contributed by atoms with Crippen LogP contribution in [0.1, 0.15) is 26.7 Å². The molecule has 0 bridgehead atoms. The van der Waals surface area contributed by atoms with Crippen molar-refractivity contribution in [2.24, 2.45) is 5.73 Å². The van der Waals surface area contributed by atoms with Crippen molar-refractivity contribution in [1.29, 1.82) is 0 Å². The molecule has 0 saturated carbocycles. The second-order valence-electron chi connectivity index (χ2n) is 4.14. The summed E-state index contributed by atoms with van der Waals surface area (Å²) in [6.45, 7) is 3.66. The van der Waals surface area contributed by atoms with Crippen LogP contribution in [0.3, 0.4) is 0 Å². The Morgan fingerprint density at radius 3 is 2.69 bits per heavy atom. The van der Waals surface area contributed by atoms with Crippen LogP contribution >= 0.6 is 0 Å². The maximum absolute atomic E-state index is 11.8. The lowest BCUT2D eigenvalue weighted by atomic mass is 9.96. The van der Waals surface area contributed by atoms with Gasteiger partial charge in [0.2, 0.25) is 5.91 Å². The van der Waals surface area contributed by atoms with E-state index >= 15 is 0 Å². The number of hydrogen-bond donors (Lipinski definition) is 3. The molecular weight excluding hydrogens is 204 g/mol. The van der Waals surface area contributed by atoms with Gasteiger partial charge >= 0.3 is 0 Å². The summed E-state index contributed by atoms with van der Waals surface area (Å²) in [6.07, 6.45) is 1.44. The van der Waals surface area contributed by atoms with E-state index in [0.717, 1.165) is 6.42 Å². The third-order valence-corrected chi connectivity index (χ3v) is 2.44. The van der Waals surface area contributed by atoms with Crippen LogP contribution in [0.2, 0.25) is 0 Å². The van der Waals surface area contributed by atoms with Crippen LogP contribution in [-0.2, 0) is 4.79 Å². The van der Waals surface area contributed by atoms with Crippen molar-refractivity contribution in [3.63, 3.8) is 0 Å². The Balaban J connectivity index is 2.75. The zero-order valence-electron chi connectivity index (χ0n) is 9.66. The van der Waals surface area contributed by atoms with Gasteiger partial charge in [-0.2, -0.15) is 0 Å². The Morgan fingerprint density at radius 2 is 2.12 bits per heavy atom. The summed E-state index contributed by atoms with van der Waals surface area (Å²) < 4.78 is 0. The van der Waals surface area contributed by atoms with Gasteiger partial charge < -0.3 is 16.2 Å². The number of nitrogens with two attached hydrogens (primary N) is 1. The molecule has 0 aliphatic rings. The van der Waals surface area contributed by atoms with Crippen LogP contribution in [0, 0.1) is 0 Å². The van der Waals surface area contributed by atoms with Crippen molar-refractivity contribution in [3.8, 4) is 5.75 Å². The Kier molecular flexibility index (Phi) is 3.90. The lowest BCUT2D eigenvalue weighted by Crippen LogP contribution is -2.48. The summed E-state index contributed by atoms with van der Waals surface area (Å²) in [5.74, 6) is -0.237. The maximum atomic E-state index is 11.8. The molecule has 4 nitrogen and oxygen atoms in total. The molecule has 0 heterocycles. The standard InChI is InChI=1S/C12H18N2O2/c1-3-8-12(2,13)11(16)14-9-6-4-5-7-10(9)15/h4-7,15H,3,8,13H2,1-2H3,(H,14,16). The summed E-state index contributed by atoms with van der Waals surface area (Å²) in [5.41, 5.74) is 5.36. The summed E-state index contributed by atoms with van der Waals surface area (Å²) in [7, 11) is 0. The van der Waals surface area contributed by atoms with Gasteiger partial charge in [-0.1, -0.05) is 25.5 Å². The van der Waals surface area contributed by atoms with Gasteiger partial charge in [0.05, 0.1) is 11.2 Å². The topological polar surface area (TPSA) is 75.4 Å². The molecule has 0 radical (unpaired) electrons. The number of benzene rings is 1. The van der Waals surface area contributed by atoms with Crippen LogP contribution in [-0.4, -0.2) is 16.6 Å². The molecule has 1 unspecified atom stereocenters. The minimum absolute atomic E-state index is 0.0446. The lowest BCUT2D eigenvalue weighted by molar-refractivity contribution is -0.120. The fourth-order valence-corrected chi connectivity index (χ4v) is 1.48. The lowest BCUT2D eigenvalue weighted by Gasteiger charge is -2.23.